The lowest BCUT2D eigenvalue weighted by Gasteiger charge is -1.79. The van der Waals surface area contributed by atoms with Crippen molar-refractivity contribution >= 4 is 27.3 Å². The third-order valence-electron chi connectivity index (χ3n) is 0.862. The third-order valence-corrected chi connectivity index (χ3v) is 2.40. The molecular formula is C5H5BrOS. The maximum absolute atomic E-state index is 8.92. The fourth-order valence-corrected chi connectivity index (χ4v) is 2.01. The van der Waals surface area contributed by atoms with Crippen molar-refractivity contribution in [1.29, 1.82) is 0 Å². The van der Waals surface area contributed by atoms with E-state index in [1.165, 1.54) is 11.3 Å². The van der Waals surface area contributed by atoms with Crippen molar-refractivity contribution in [3.05, 3.63) is 14.7 Å². The first kappa shape index (κ1) is 6.11. The second-order valence-corrected chi connectivity index (χ2v) is 4.13. The Kier molecular flexibility index (Phi) is 1.58. The average molecular weight is 193 g/mol. The summed E-state index contributed by atoms with van der Waals surface area (Å²) in [7, 11) is 0. The lowest BCUT2D eigenvalue weighted by atomic mass is 10.5. The number of hydrogen-bond acceptors (Lipinski definition) is 2. The second-order valence-electron chi connectivity index (χ2n) is 1.49. The van der Waals surface area contributed by atoms with Crippen LogP contribution in [0.25, 0.3) is 0 Å². The molecule has 0 bridgehead atoms. The topological polar surface area (TPSA) is 20.2 Å². The minimum absolute atomic E-state index is 0.377. The quantitative estimate of drug-likeness (QED) is 0.671. The maximum Gasteiger partial charge on any atom is 0.130 e. The number of aryl methyl sites for hydroxylation is 1. The zero-order valence-corrected chi connectivity index (χ0v) is 6.71. The molecule has 0 radical (unpaired) electrons. The SMILES string of the molecule is Cc1sc(Br)cc1O. The molecule has 3 heteroatoms. The van der Waals surface area contributed by atoms with Gasteiger partial charge in [0.1, 0.15) is 5.75 Å². The predicted molar refractivity (Wildman–Crippen MR) is 38.4 cm³/mol. The average Bonchev–Trinajstić information content (AvgIpc) is 1.85. The summed E-state index contributed by atoms with van der Waals surface area (Å²) in [6.45, 7) is 1.88. The van der Waals surface area contributed by atoms with Gasteiger partial charge in [0.2, 0.25) is 0 Å². The van der Waals surface area contributed by atoms with E-state index in [0.717, 1.165) is 8.66 Å². The van der Waals surface area contributed by atoms with E-state index in [4.69, 9.17) is 5.11 Å². The molecule has 1 nitrogen and oxygen atoms in total. The number of rotatable bonds is 0. The summed E-state index contributed by atoms with van der Waals surface area (Å²) in [4.78, 5) is 0.955. The zero-order valence-electron chi connectivity index (χ0n) is 4.31. The normalized spacial score (nSPS) is 9.75. The zero-order chi connectivity index (χ0) is 6.15. The van der Waals surface area contributed by atoms with Crippen molar-refractivity contribution in [3.63, 3.8) is 0 Å². The molecule has 0 aromatic carbocycles. The fourth-order valence-electron chi connectivity index (χ4n) is 0.437. The molecule has 1 heterocycles. The molecular weight excluding hydrogens is 188 g/mol. The minimum atomic E-state index is 0.377. The van der Waals surface area contributed by atoms with Gasteiger partial charge in [-0.05, 0) is 22.9 Å². The summed E-state index contributed by atoms with van der Waals surface area (Å²) in [5.41, 5.74) is 0. The van der Waals surface area contributed by atoms with E-state index >= 15 is 0 Å². The summed E-state index contributed by atoms with van der Waals surface area (Å²) in [6, 6.07) is 1.69. The summed E-state index contributed by atoms with van der Waals surface area (Å²) in [5, 5.41) is 8.92. The Morgan fingerprint density at radius 3 is 2.50 bits per heavy atom. The number of thiophene rings is 1. The lowest BCUT2D eigenvalue weighted by Crippen LogP contribution is -1.54. The maximum atomic E-state index is 8.92. The monoisotopic (exact) mass is 192 g/mol. The molecule has 0 aliphatic carbocycles. The molecule has 1 aromatic rings. The van der Waals surface area contributed by atoms with Crippen LogP contribution in [0.1, 0.15) is 4.88 Å². The van der Waals surface area contributed by atoms with E-state index in [1.54, 1.807) is 6.07 Å². The molecule has 0 saturated carbocycles. The predicted octanol–water partition coefficient (Wildman–Crippen LogP) is 2.52. The Hall–Kier alpha value is -0.0200. The first-order valence-electron chi connectivity index (χ1n) is 2.15. The molecule has 0 aliphatic rings. The summed E-state index contributed by atoms with van der Waals surface area (Å²) < 4.78 is 0.979. The van der Waals surface area contributed by atoms with Crippen molar-refractivity contribution in [2.24, 2.45) is 0 Å². The van der Waals surface area contributed by atoms with Gasteiger partial charge in [-0.25, -0.2) is 0 Å². The van der Waals surface area contributed by atoms with Crippen LogP contribution in [0.5, 0.6) is 5.75 Å². The van der Waals surface area contributed by atoms with Gasteiger partial charge >= 0.3 is 0 Å². The van der Waals surface area contributed by atoms with E-state index < -0.39 is 0 Å². The Morgan fingerprint density at radius 2 is 2.38 bits per heavy atom. The van der Waals surface area contributed by atoms with Gasteiger partial charge in [-0.2, -0.15) is 0 Å². The van der Waals surface area contributed by atoms with Crippen LogP contribution in [0.2, 0.25) is 0 Å². The van der Waals surface area contributed by atoms with Crippen LogP contribution >= 0.6 is 27.3 Å². The first-order valence-corrected chi connectivity index (χ1v) is 3.76. The molecule has 0 saturated heterocycles. The van der Waals surface area contributed by atoms with Gasteiger partial charge in [-0.1, -0.05) is 0 Å². The van der Waals surface area contributed by atoms with Gasteiger partial charge in [0.05, 0.1) is 3.79 Å². The molecule has 0 spiro atoms. The lowest BCUT2D eigenvalue weighted by molar-refractivity contribution is 0.474. The van der Waals surface area contributed by atoms with Crippen molar-refractivity contribution in [1.82, 2.24) is 0 Å². The molecule has 0 atom stereocenters. The van der Waals surface area contributed by atoms with Crippen molar-refractivity contribution < 1.29 is 5.11 Å². The molecule has 0 aliphatic heterocycles. The minimum Gasteiger partial charge on any atom is -0.507 e. The molecule has 44 valence electrons. The van der Waals surface area contributed by atoms with Crippen LogP contribution < -0.4 is 0 Å². The Labute approximate surface area is 60.1 Å². The highest BCUT2D eigenvalue weighted by molar-refractivity contribution is 9.11. The standard InChI is InChI=1S/C5H5BrOS/c1-3-4(7)2-5(6)8-3/h2,7H,1H3. The van der Waals surface area contributed by atoms with Crippen LogP contribution in [-0.4, -0.2) is 5.11 Å². The van der Waals surface area contributed by atoms with Crippen molar-refractivity contribution in [3.8, 4) is 5.75 Å². The largest absolute Gasteiger partial charge is 0.507 e. The van der Waals surface area contributed by atoms with E-state index in [0.29, 0.717) is 5.75 Å². The highest BCUT2D eigenvalue weighted by atomic mass is 79.9. The molecule has 8 heavy (non-hydrogen) atoms. The fraction of sp³-hybridized carbons (Fsp3) is 0.200. The van der Waals surface area contributed by atoms with Crippen molar-refractivity contribution in [2.45, 2.75) is 6.92 Å². The molecule has 0 fully saturated rings. The smallest absolute Gasteiger partial charge is 0.130 e. The molecule has 1 aromatic heterocycles. The van der Waals surface area contributed by atoms with E-state index in [2.05, 4.69) is 15.9 Å². The van der Waals surface area contributed by atoms with Gasteiger partial charge in [-0.3, -0.25) is 0 Å². The van der Waals surface area contributed by atoms with Gasteiger partial charge < -0.3 is 5.11 Å². The highest BCUT2D eigenvalue weighted by Crippen LogP contribution is 2.30. The first-order chi connectivity index (χ1) is 3.70. The van der Waals surface area contributed by atoms with E-state index in [-0.39, 0.29) is 0 Å². The third kappa shape index (κ3) is 1.03. The van der Waals surface area contributed by atoms with Gasteiger partial charge in [-0.15, -0.1) is 11.3 Å². The van der Waals surface area contributed by atoms with Crippen LogP contribution in [0.4, 0.5) is 0 Å². The molecule has 1 N–H and O–H groups in total. The Balaban J connectivity index is 3.14. The number of halogens is 1. The molecule has 1 rings (SSSR count). The summed E-state index contributed by atoms with van der Waals surface area (Å²) in [5.74, 6) is 0.377. The summed E-state index contributed by atoms with van der Waals surface area (Å²) in [6.07, 6.45) is 0. The van der Waals surface area contributed by atoms with Crippen LogP contribution in [0.15, 0.2) is 9.85 Å². The van der Waals surface area contributed by atoms with Gasteiger partial charge in [0.25, 0.3) is 0 Å². The second kappa shape index (κ2) is 2.07. The Morgan fingerprint density at radius 1 is 1.75 bits per heavy atom. The molecule has 0 amide bonds. The van der Waals surface area contributed by atoms with Crippen molar-refractivity contribution in [2.75, 3.05) is 0 Å². The van der Waals surface area contributed by atoms with Crippen LogP contribution in [0.3, 0.4) is 0 Å². The highest BCUT2D eigenvalue weighted by Gasteiger charge is 1.98. The van der Waals surface area contributed by atoms with Crippen LogP contribution in [0, 0.1) is 6.92 Å². The number of hydrogen-bond donors (Lipinski definition) is 1. The Bertz CT molecular complexity index is 175. The van der Waals surface area contributed by atoms with Gasteiger partial charge in [0, 0.05) is 10.9 Å². The molecule has 0 unspecified atom stereocenters. The number of aromatic hydroxyl groups is 1. The summed E-state index contributed by atoms with van der Waals surface area (Å²) >= 11 is 4.78. The van der Waals surface area contributed by atoms with E-state index in [9.17, 15) is 0 Å². The van der Waals surface area contributed by atoms with Gasteiger partial charge in [0.15, 0.2) is 0 Å². The van der Waals surface area contributed by atoms with E-state index in [1.807, 2.05) is 6.92 Å². The van der Waals surface area contributed by atoms with Crippen LogP contribution in [-0.2, 0) is 0 Å².